The Balaban J connectivity index is 1.27. The van der Waals surface area contributed by atoms with E-state index in [2.05, 4.69) is 12.1 Å². The van der Waals surface area contributed by atoms with E-state index in [4.69, 9.17) is 4.42 Å². The molecule has 10 aromatic carbocycles. The van der Waals surface area contributed by atoms with Crippen LogP contribution >= 0.6 is 0 Å². The average Bonchev–Trinajstić information content (AvgIpc) is 1.92. The van der Waals surface area contributed by atoms with Crippen molar-refractivity contribution in [3.05, 3.63) is 215 Å². The molecule has 5 heterocycles. The van der Waals surface area contributed by atoms with Gasteiger partial charge in [0.1, 0.15) is 28.8 Å². The highest BCUT2D eigenvalue weighted by Gasteiger charge is 2.38. The third-order valence-electron chi connectivity index (χ3n) is 15.9. The van der Waals surface area contributed by atoms with Crippen LogP contribution in [0.25, 0.3) is 132 Å². The normalized spacial score (nSPS) is 12.7. The molecule has 0 radical (unpaired) electrons. The van der Waals surface area contributed by atoms with Gasteiger partial charge in [-0.05, 0) is 104 Å². The monoisotopic (exact) mass is 1100 g/mol. The lowest BCUT2D eigenvalue weighted by atomic mass is 9.98. The number of hydrogen-bond acceptors (Lipinski definition) is 3. The van der Waals surface area contributed by atoms with E-state index in [9.17, 15) is 50.0 Å². The maximum Gasteiger partial charge on any atom is 0.416 e. The van der Waals surface area contributed by atoms with Crippen molar-refractivity contribution < 1.29 is 43.9 Å². The SMILES string of the molecule is Cc1ccc2c(c1)c1ccc3c4ccccc4oc3c1n2-c1c(C#N)c(-n2c3ccccc3c3cc(C(F)(F)F)ccc32)c(-n2c3ccccc3c3cc(C(F)(F)F)ccc32)c(C#N)c1-n1c2ccccc2c2cc(C(F)(F)F)ccc21. The van der Waals surface area contributed by atoms with Crippen LogP contribution < -0.4 is 0 Å². The number of aromatic nitrogens is 4. The lowest BCUT2D eigenvalue weighted by molar-refractivity contribution is -0.138. The van der Waals surface area contributed by atoms with E-state index in [1.807, 2.05) is 66.1 Å². The molecule has 0 amide bonds. The Bertz CT molecular complexity index is 5420. The van der Waals surface area contributed by atoms with E-state index in [-0.39, 0.29) is 72.1 Å². The Morgan fingerprint density at radius 2 is 0.683 bits per heavy atom. The molecule has 396 valence electrons. The topological polar surface area (TPSA) is 80.4 Å². The molecule has 0 spiro atoms. The quantitative estimate of drug-likeness (QED) is 0.165. The Morgan fingerprint density at radius 3 is 1.11 bits per heavy atom. The van der Waals surface area contributed by atoms with Gasteiger partial charge in [-0.2, -0.15) is 50.0 Å². The summed E-state index contributed by atoms with van der Waals surface area (Å²) in [7, 11) is 0. The summed E-state index contributed by atoms with van der Waals surface area (Å²) in [5, 5.41) is 29.3. The summed E-state index contributed by atoms with van der Waals surface area (Å²) in [6, 6.07) is 51.6. The molecule has 0 fully saturated rings. The van der Waals surface area contributed by atoms with Gasteiger partial charge in [-0.25, -0.2) is 0 Å². The molecule has 15 rings (SSSR count). The largest absolute Gasteiger partial charge is 0.454 e. The van der Waals surface area contributed by atoms with Crippen molar-refractivity contribution in [2.24, 2.45) is 0 Å². The molecule has 0 atom stereocenters. The van der Waals surface area contributed by atoms with Gasteiger partial charge >= 0.3 is 18.5 Å². The minimum absolute atomic E-state index is 0.0192. The molecule has 0 aliphatic carbocycles. The number of halogens is 9. The van der Waals surface area contributed by atoms with Crippen molar-refractivity contribution in [2.45, 2.75) is 25.5 Å². The van der Waals surface area contributed by atoms with Gasteiger partial charge in [0.15, 0.2) is 5.58 Å². The van der Waals surface area contributed by atoms with E-state index in [0.29, 0.717) is 65.6 Å². The lowest BCUT2D eigenvalue weighted by Gasteiger charge is -2.27. The fraction of sp³-hybridized carbons (Fsp3) is 0.0606. The second-order valence-electron chi connectivity index (χ2n) is 20.4. The highest BCUT2D eigenvalue weighted by atomic mass is 19.4. The number of furan rings is 1. The average molecular weight is 1100 g/mol. The second kappa shape index (κ2) is 16.8. The van der Waals surface area contributed by atoms with Crippen molar-refractivity contribution in [1.82, 2.24) is 18.3 Å². The fourth-order valence-corrected chi connectivity index (χ4v) is 12.6. The van der Waals surface area contributed by atoms with Gasteiger partial charge < -0.3 is 22.7 Å². The summed E-state index contributed by atoms with van der Waals surface area (Å²) in [6.45, 7) is 1.91. The zero-order chi connectivity index (χ0) is 56.5. The first-order chi connectivity index (χ1) is 39.4. The van der Waals surface area contributed by atoms with E-state index in [1.165, 1.54) is 18.2 Å². The van der Waals surface area contributed by atoms with E-state index in [1.54, 1.807) is 86.5 Å². The third-order valence-corrected chi connectivity index (χ3v) is 15.9. The molecule has 15 aromatic rings. The molecule has 0 saturated heterocycles. The van der Waals surface area contributed by atoms with Crippen molar-refractivity contribution in [1.29, 1.82) is 10.5 Å². The van der Waals surface area contributed by atoms with Crippen molar-refractivity contribution in [2.75, 3.05) is 0 Å². The van der Waals surface area contributed by atoms with Crippen LogP contribution in [0.2, 0.25) is 0 Å². The summed E-state index contributed by atoms with van der Waals surface area (Å²) in [4.78, 5) is 0. The van der Waals surface area contributed by atoms with Gasteiger partial charge in [0.2, 0.25) is 0 Å². The van der Waals surface area contributed by atoms with Crippen LogP contribution in [0.3, 0.4) is 0 Å². The molecule has 0 aliphatic rings. The minimum atomic E-state index is -4.80. The van der Waals surface area contributed by atoms with E-state index >= 15 is 0 Å². The van der Waals surface area contributed by atoms with Crippen LogP contribution in [0.5, 0.6) is 0 Å². The molecule has 7 nitrogen and oxygen atoms in total. The Hall–Kier alpha value is -10.5. The molecular weight excluding hydrogens is 1060 g/mol. The number of hydrogen-bond donors (Lipinski definition) is 0. The number of aryl methyl sites for hydroxylation is 1. The molecule has 0 bridgehead atoms. The summed E-state index contributed by atoms with van der Waals surface area (Å²) in [5.74, 6) is 0. The number of fused-ring (bicyclic) bond motifs is 16. The number of nitrogens with zero attached hydrogens (tertiary/aromatic N) is 6. The van der Waals surface area contributed by atoms with Gasteiger partial charge in [0.25, 0.3) is 0 Å². The van der Waals surface area contributed by atoms with Crippen molar-refractivity contribution >= 4 is 109 Å². The molecule has 82 heavy (non-hydrogen) atoms. The second-order valence-corrected chi connectivity index (χ2v) is 20.4. The van der Waals surface area contributed by atoms with Gasteiger partial charge in [0, 0.05) is 53.9 Å². The molecule has 5 aromatic heterocycles. The maximum atomic E-state index is 14.9. The van der Waals surface area contributed by atoms with Gasteiger partial charge in [-0.15, -0.1) is 0 Å². The summed E-state index contributed by atoms with van der Waals surface area (Å²) in [5.41, 5.74) is 0.701. The minimum Gasteiger partial charge on any atom is -0.454 e. The fourth-order valence-electron chi connectivity index (χ4n) is 12.6. The highest BCUT2D eigenvalue weighted by Crippen LogP contribution is 2.51. The number of para-hydroxylation sites is 4. The van der Waals surface area contributed by atoms with Crippen LogP contribution in [-0.2, 0) is 18.5 Å². The molecule has 16 heteroatoms. The zero-order valence-corrected chi connectivity index (χ0v) is 42.3. The smallest absolute Gasteiger partial charge is 0.416 e. The molecule has 0 aliphatic heterocycles. The first kappa shape index (κ1) is 48.7. The number of benzene rings is 10. The van der Waals surface area contributed by atoms with Crippen LogP contribution in [0.15, 0.2) is 186 Å². The van der Waals surface area contributed by atoms with Crippen LogP contribution in [0, 0.1) is 29.6 Å². The predicted octanol–water partition coefficient (Wildman–Crippen LogP) is 19.1. The van der Waals surface area contributed by atoms with Crippen LogP contribution in [0.1, 0.15) is 33.4 Å². The molecular formula is C66H33F9N6O. The van der Waals surface area contributed by atoms with Gasteiger partial charge in [0.05, 0.1) is 83.6 Å². The first-order valence-corrected chi connectivity index (χ1v) is 25.7. The standard InChI is InChI=1S/C66H33F9N6O/c1-34-18-24-56-44(28-34)42-22-23-43-41-13-5-9-17-57(41)82-63(43)62(42)81(56)61-49(33-77)59(79-51-15-7-3-11-39(51)46-30-36(65(70,71)72)20-26-54(46)79)58(78-50-14-6-2-10-38(50)45-29-35(64(67,68)69)19-25-53(45)78)48(32-76)60(61)80-52-16-8-4-12-40(52)47-31-37(66(73,74)75)21-27-55(47)80/h2-31H,1H3. The zero-order valence-electron chi connectivity index (χ0n) is 42.3. The lowest BCUT2D eigenvalue weighted by Crippen LogP contribution is -2.17. The summed E-state index contributed by atoms with van der Waals surface area (Å²) in [6.07, 6.45) is -14.4. The molecule has 0 saturated carbocycles. The van der Waals surface area contributed by atoms with Gasteiger partial charge in [-0.3, -0.25) is 0 Å². The van der Waals surface area contributed by atoms with Crippen LogP contribution in [0.4, 0.5) is 39.5 Å². The molecule has 0 unspecified atom stereocenters. The Morgan fingerprint density at radius 1 is 0.341 bits per heavy atom. The maximum absolute atomic E-state index is 14.9. The summed E-state index contributed by atoms with van der Waals surface area (Å²) >= 11 is 0. The van der Waals surface area contributed by atoms with E-state index < -0.39 is 35.2 Å². The van der Waals surface area contributed by atoms with Gasteiger partial charge in [-0.1, -0.05) is 90.5 Å². The number of nitriles is 2. The number of alkyl halides is 9. The third kappa shape index (κ3) is 6.72. The number of rotatable bonds is 4. The highest BCUT2D eigenvalue weighted by molar-refractivity contribution is 6.23. The van der Waals surface area contributed by atoms with Crippen molar-refractivity contribution in [3.8, 4) is 34.9 Å². The Kier molecular flexibility index (Phi) is 9.97. The summed E-state index contributed by atoms with van der Waals surface area (Å²) < 4.78 is 147. The van der Waals surface area contributed by atoms with Crippen LogP contribution in [-0.4, -0.2) is 18.3 Å². The molecule has 0 N–H and O–H groups in total. The van der Waals surface area contributed by atoms with E-state index in [0.717, 1.165) is 47.3 Å². The van der Waals surface area contributed by atoms with Crippen molar-refractivity contribution in [3.63, 3.8) is 0 Å². The predicted molar refractivity (Wildman–Crippen MR) is 300 cm³/mol. The first-order valence-electron chi connectivity index (χ1n) is 25.7. The Labute approximate surface area is 455 Å².